The predicted octanol–water partition coefficient (Wildman–Crippen LogP) is 7.18. The van der Waals surface area contributed by atoms with Crippen molar-refractivity contribution in [3.8, 4) is 0 Å². The van der Waals surface area contributed by atoms with Gasteiger partial charge >= 0.3 is 0 Å². The van der Waals surface area contributed by atoms with E-state index in [0.29, 0.717) is 0 Å². The van der Waals surface area contributed by atoms with Gasteiger partial charge in [0.25, 0.3) is 0 Å². The van der Waals surface area contributed by atoms with Crippen molar-refractivity contribution >= 4 is 0 Å². The Labute approximate surface area is 233 Å². The standard InChI is InChI=1S/C30H52N2O2.Hf/c1-18(33)17-30(14,34)23(19-15-21(26(2,3)4)31-24(19)28(8,9)10)20-16-22(27(5,6)7)32-25(20)29(11,12)13;/h15-16,18,23,31-34H,17H2,1-14H3;. The largest absolute Gasteiger partial charge is 0.393 e. The molecule has 2 atom stereocenters. The van der Waals surface area contributed by atoms with E-state index >= 15 is 0 Å². The SMILES string of the molecule is CC(O)CC(C)(O)C(c1cc(C(C)(C)C)[nH]c1C(C)(C)C)c1cc(C(C)(C)C)[nH]c1C(C)(C)C.[Hf]. The number of aliphatic hydroxyl groups is 2. The fraction of sp³-hybridized carbons (Fsp3) is 0.733. The summed E-state index contributed by atoms with van der Waals surface area (Å²) in [5.41, 5.74) is 5.32. The van der Waals surface area contributed by atoms with Gasteiger partial charge in [0.05, 0.1) is 11.7 Å². The predicted molar refractivity (Wildman–Crippen MR) is 145 cm³/mol. The molecule has 2 heterocycles. The van der Waals surface area contributed by atoms with E-state index < -0.39 is 11.7 Å². The number of aromatic amines is 2. The molecule has 0 aromatic carbocycles. The summed E-state index contributed by atoms with van der Waals surface area (Å²) >= 11 is 0. The molecule has 2 aromatic rings. The minimum Gasteiger partial charge on any atom is -0.393 e. The van der Waals surface area contributed by atoms with E-state index in [-0.39, 0.29) is 59.8 Å². The van der Waals surface area contributed by atoms with Gasteiger partial charge in [-0.1, -0.05) is 83.1 Å². The Balaban J connectivity index is 0.00000612. The van der Waals surface area contributed by atoms with Gasteiger partial charge < -0.3 is 20.2 Å². The van der Waals surface area contributed by atoms with Crippen molar-refractivity contribution in [3.63, 3.8) is 0 Å². The van der Waals surface area contributed by atoms with Gasteiger partial charge in [-0.25, -0.2) is 0 Å². The van der Waals surface area contributed by atoms with Crippen molar-refractivity contribution in [2.24, 2.45) is 0 Å². The molecule has 198 valence electrons. The number of hydrogen-bond donors (Lipinski definition) is 4. The van der Waals surface area contributed by atoms with Crippen LogP contribution in [0.15, 0.2) is 12.1 Å². The van der Waals surface area contributed by atoms with Gasteiger partial charge in [0, 0.05) is 82.6 Å². The number of rotatable bonds is 5. The van der Waals surface area contributed by atoms with Crippen LogP contribution < -0.4 is 0 Å². The molecule has 4 nitrogen and oxygen atoms in total. The topological polar surface area (TPSA) is 72.0 Å². The summed E-state index contributed by atoms with van der Waals surface area (Å²) in [6.07, 6.45) is -0.326. The molecule has 2 rings (SSSR count). The van der Waals surface area contributed by atoms with Gasteiger partial charge in [-0.05, 0) is 37.1 Å². The molecular weight excluding hydrogens is 599 g/mol. The average molecular weight is 651 g/mol. The first-order chi connectivity index (χ1) is 15.0. The maximum Gasteiger partial charge on any atom is 0.0754 e. The molecule has 0 spiro atoms. The van der Waals surface area contributed by atoms with Crippen LogP contribution in [-0.4, -0.2) is 31.9 Å². The molecule has 0 aliphatic rings. The molecule has 5 heteroatoms. The van der Waals surface area contributed by atoms with Crippen LogP contribution in [0.25, 0.3) is 0 Å². The molecule has 0 saturated heterocycles. The molecule has 0 amide bonds. The fourth-order valence-corrected chi connectivity index (χ4v) is 5.00. The number of aliphatic hydroxyl groups excluding tert-OH is 1. The van der Waals surface area contributed by atoms with Crippen LogP contribution in [0.1, 0.15) is 143 Å². The van der Waals surface area contributed by atoms with E-state index in [1.807, 2.05) is 6.92 Å². The molecule has 0 fully saturated rings. The zero-order valence-electron chi connectivity index (χ0n) is 24.9. The number of nitrogens with one attached hydrogen (secondary N) is 2. The molecule has 35 heavy (non-hydrogen) atoms. The van der Waals surface area contributed by atoms with Gasteiger partial charge in [0.15, 0.2) is 0 Å². The number of aromatic nitrogens is 2. The maximum absolute atomic E-state index is 12.1. The van der Waals surface area contributed by atoms with Crippen molar-refractivity contribution in [1.29, 1.82) is 0 Å². The maximum atomic E-state index is 12.1. The summed E-state index contributed by atoms with van der Waals surface area (Å²) in [4.78, 5) is 7.50. The van der Waals surface area contributed by atoms with Crippen molar-refractivity contribution in [2.75, 3.05) is 0 Å². The fourth-order valence-electron chi connectivity index (χ4n) is 5.00. The molecule has 0 radical (unpaired) electrons. The van der Waals surface area contributed by atoms with E-state index in [9.17, 15) is 10.2 Å². The van der Waals surface area contributed by atoms with Gasteiger partial charge in [-0.3, -0.25) is 0 Å². The second kappa shape index (κ2) is 10.3. The van der Waals surface area contributed by atoms with Crippen molar-refractivity contribution in [2.45, 2.75) is 143 Å². The number of hydrogen-bond acceptors (Lipinski definition) is 2. The van der Waals surface area contributed by atoms with E-state index in [0.717, 1.165) is 33.9 Å². The van der Waals surface area contributed by atoms with Crippen molar-refractivity contribution in [3.05, 3.63) is 46.0 Å². The second-order valence-electron chi connectivity index (χ2n) is 14.9. The van der Waals surface area contributed by atoms with Crippen LogP contribution in [0.2, 0.25) is 0 Å². The monoisotopic (exact) mass is 652 g/mol. The zero-order valence-corrected chi connectivity index (χ0v) is 28.5. The Hall–Kier alpha value is -0.650. The van der Waals surface area contributed by atoms with Crippen LogP contribution in [0.5, 0.6) is 0 Å². The summed E-state index contributed by atoms with van der Waals surface area (Å²) in [7, 11) is 0. The Morgan fingerprint density at radius 2 is 0.971 bits per heavy atom. The van der Waals surface area contributed by atoms with Crippen molar-refractivity contribution < 1.29 is 36.1 Å². The second-order valence-corrected chi connectivity index (χ2v) is 14.9. The quantitative estimate of drug-likeness (QED) is 0.259. The van der Waals surface area contributed by atoms with Gasteiger partial charge in [-0.15, -0.1) is 0 Å². The van der Waals surface area contributed by atoms with Crippen molar-refractivity contribution in [1.82, 2.24) is 9.97 Å². The van der Waals surface area contributed by atoms with Crippen LogP contribution in [0.3, 0.4) is 0 Å². The Morgan fingerprint density at radius 1 is 0.657 bits per heavy atom. The minimum atomic E-state index is -1.15. The van der Waals surface area contributed by atoms with Crippen LogP contribution in [0.4, 0.5) is 0 Å². The Morgan fingerprint density at radius 3 is 1.20 bits per heavy atom. The first-order valence-electron chi connectivity index (χ1n) is 12.8. The summed E-state index contributed by atoms with van der Waals surface area (Å²) in [6.45, 7) is 30.3. The minimum absolute atomic E-state index is 0. The summed E-state index contributed by atoms with van der Waals surface area (Å²) in [5, 5.41) is 22.5. The van der Waals surface area contributed by atoms with Gasteiger partial charge in [-0.2, -0.15) is 0 Å². The summed E-state index contributed by atoms with van der Waals surface area (Å²) in [5.74, 6) is -0.301. The van der Waals surface area contributed by atoms with E-state index in [2.05, 4.69) is 105 Å². The molecule has 2 aromatic heterocycles. The Bertz CT molecular complexity index is 913. The normalized spacial score (nSPS) is 16.3. The summed E-state index contributed by atoms with van der Waals surface area (Å²) < 4.78 is 0. The van der Waals surface area contributed by atoms with E-state index in [4.69, 9.17) is 0 Å². The van der Waals surface area contributed by atoms with Crippen LogP contribution >= 0.6 is 0 Å². The van der Waals surface area contributed by atoms with Crippen LogP contribution in [-0.2, 0) is 47.5 Å². The molecule has 0 saturated carbocycles. The Kier molecular flexibility index (Phi) is 9.48. The molecular formula is C30H52HfN2O2. The molecule has 0 aliphatic heterocycles. The third-order valence-electron chi connectivity index (χ3n) is 6.76. The first-order valence-corrected chi connectivity index (χ1v) is 12.8. The smallest absolute Gasteiger partial charge is 0.0754 e. The molecule has 0 aliphatic carbocycles. The van der Waals surface area contributed by atoms with Gasteiger partial charge in [0.1, 0.15) is 0 Å². The van der Waals surface area contributed by atoms with E-state index in [1.54, 1.807) is 6.92 Å². The first kappa shape index (κ1) is 32.4. The van der Waals surface area contributed by atoms with E-state index in [1.165, 1.54) is 0 Å². The zero-order chi connectivity index (χ0) is 26.7. The third-order valence-corrected chi connectivity index (χ3v) is 6.76. The average Bonchev–Trinajstić information content (AvgIpc) is 3.16. The molecule has 2 unspecified atom stereocenters. The summed E-state index contributed by atoms with van der Waals surface area (Å²) in [6, 6.07) is 4.52. The van der Waals surface area contributed by atoms with Crippen LogP contribution in [0, 0.1) is 0 Å². The van der Waals surface area contributed by atoms with Gasteiger partial charge in [0.2, 0.25) is 0 Å². The third kappa shape index (κ3) is 7.45. The molecule has 4 N–H and O–H groups in total. The number of H-pyrrole nitrogens is 2. The molecule has 0 bridgehead atoms.